The summed E-state index contributed by atoms with van der Waals surface area (Å²) in [7, 11) is 0. The summed E-state index contributed by atoms with van der Waals surface area (Å²) in [5.41, 5.74) is 4.42. The minimum Gasteiger partial charge on any atom is -1.00 e. The number of benzene rings is 1. The largest absolute Gasteiger partial charge is 1.00 e. The summed E-state index contributed by atoms with van der Waals surface area (Å²) in [4.78, 5) is 0. The summed E-state index contributed by atoms with van der Waals surface area (Å²) in [6.45, 7) is 2.75. The number of hydrogen-bond acceptors (Lipinski definition) is 3. The molecule has 0 saturated carbocycles. The second-order valence-electron chi connectivity index (χ2n) is 5.97. The van der Waals surface area contributed by atoms with E-state index in [1.165, 1.54) is 28.8 Å². The minimum absolute atomic E-state index is 0. The zero-order chi connectivity index (χ0) is 17.6. The van der Waals surface area contributed by atoms with Gasteiger partial charge in [-0.15, -0.1) is 0 Å². The molecule has 1 aromatic carbocycles. The standard InChI is InChI=1S/C20H20FNOS2.ClH/c1-14(20(23)15-2-4-18(21)5-3-15)22-9-6-19(16-7-10-24-12-16)17-8-11-25-13-17;/h2-8,10-14,20,22-23H,9H2,1H3;1H. The van der Waals surface area contributed by atoms with Gasteiger partial charge in [0.2, 0.25) is 0 Å². The molecule has 0 fully saturated rings. The van der Waals surface area contributed by atoms with Crippen LogP contribution in [0.3, 0.4) is 0 Å². The maximum Gasteiger partial charge on any atom is 0.130 e. The normalized spacial score (nSPS) is 12.9. The van der Waals surface area contributed by atoms with Gasteiger partial charge in [-0.05, 0) is 81.0 Å². The Balaban J connectivity index is 0.00000243. The average molecular weight is 410 g/mol. The lowest BCUT2D eigenvalue weighted by Gasteiger charge is -2.17. The number of quaternary nitrogens is 1. The monoisotopic (exact) mass is 409 g/mol. The van der Waals surface area contributed by atoms with Crippen LogP contribution in [0.2, 0.25) is 0 Å². The third kappa shape index (κ3) is 5.25. The summed E-state index contributed by atoms with van der Waals surface area (Å²) in [6.07, 6.45) is 1.58. The second-order valence-corrected chi connectivity index (χ2v) is 7.53. The van der Waals surface area contributed by atoms with E-state index in [2.05, 4.69) is 45.0 Å². The molecule has 3 rings (SSSR count). The van der Waals surface area contributed by atoms with Crippen molar-refractivity contribution in [1.29, 1.82) is 0 Å². The summed E-state index contributed by atoms with van der Waals surface area (Å²) < 4.78 is 13.0. The smallest absolute Gasteiger partial charge is 0.130 e. The summed E-state index contributed by atoms with van der Waals surface area (Å²) in [5.74, 6) is -0.285. The molecule has 6 heteroatoms. The fraction of sp³-hybridized carbons (Fsp3) is 0.200. The lowest BCUT2D eigenvalue weighted by atomic mass is 10.0. The molecule has 2 heterocycles. The van der Waals surface area contributed by atoms with E-state index in [9.17, 15) is 9.50 Å². The van der Waals surface area contributed by atoms with Crippen molar-refractivity contribution in [3.8, 4) is 0 Å². The van der Waals surface area contributed by atoms with Crippen molar-refractivity contribution in [2.45, 2.75) is 19.1 Å². The molecule has 0 bridgehead atoms. The molecule has 0 aliphatic heterocycles. The predicted molar refractivity (Wildman–Crippen MR) is 103 cm³/mol. The Morgan fingerprint density at radius 2 is 1.65 bits per heavy atom. The first-order valence-corrected chi connectivity index (χ1v) is 10.1. The van der Waals surface area contributed by atoms with Crippen LogP contribution in [0.15, 0.2) is 64.0 Å². The van der Waals surface area contributed by atoms with Crippen molar-refractivity contribution in [3.05, 3.63) is 86.5 Å². The van der Waals surface area contributed by atoms with Crippen LogP contribution in [0.4, 0.5) is 4.39 Å². The summed E-state index contributed by atoms with van der Waals surface area (Å²) in [6, 6.07) is 10.3. The quantitative estimate of drug-likeness (QED) is 0.601. The number of thiophene rings is 2. The first kappa shape index (κ1) is 20.8. The Bertz CT molecular complexity index is 765. The zero-order valence-electron chi connectivity index (χ0n) is 14.3. The van der Waals surface area contributed by atoms with E-state index < -0.39 is 6.10 Å². The molecule has 0 radical (unpaired) electrons. The van der Waals surface area contributed by atoms with Crippen LogP contribution in [0.1, 0.15) is 29.7 Å². The maximum atomic E-state index is 13.0. The first-order chi connectivity index (χ1) is 12.1. The van der Waals surface area contributed by atoms with Gasteiger partial charge in [-0.3, -0.25) is 0 Å². The molecule has 138 valence electrons. The highest BCUT2D eigenvalue weighted by Gasteiger charge is 2.18. The lowest BCUT2D eigenvalue weighted by Crippen LogP contribution is -3.00. The number of nitrogens with two attached hydrogens (primary N) is 1. The van der Waals surface area contributed by atoms with Crippen molar-refractivity contribution in [1.82, 2.24) is 0 Å². The van der Waals surface area contributed by atoms with Gasteiger partial charge in [0, 0.05) is 0 Å². The molecule has 2 nitrogen and oxygen atoms in total. The number of aliphatic hydroxyl groups is 1. The van der Waals surface area contributed by atoms with Gasteiger partial charge >= 0.3 is 0 Å². The summed E-state index contributed by atoms with van der Waals surface area (Å²) >= 11 is 3.38. The van der Waals surface area contributed by atoms with Crippen molar-refractivity contribution in [3.63, 3.8) is 0 Å². The molecule has 2 aromatic heterocycles. The van der Waals surface area contributed by atoms with Gasteiger partial charge in [-0.25, -0.2) is 4.39 Å². The topological polar surface area (TPSA) is 36.8 Å². The fourth-order valence-corrected chi connectivity index (χ4v) is 4.04. The molecule has 0 saturated heterocycles. The molecule has 0 aliphatic rings. The van der Waals surface area contributed by atoms with Crippen LogP contribution in [0, 0.1) is 5.82 Å². The van der Waals surface area contributed by atoms with Gasteiger partial charge < -0.3 is 22.8 Å². The number of hydrogen-bond donors (Lipinski definition) is 2. The van der Waals surface area contributed by atoms with Gasteiger partial charge in [-0.1, -0.05) is 12.1 Å². The molecule has 26 heavy (non-hydrogen) atoms. The van der Waals surface area contributed by atoms with E-state index in [-0.39, 0.29) is 24.3 Å². The van der Waals surface area contributed by atoms with E-state index in [1.807, 2.05) is 6.92 Å². The van der Waals surface area contributed by atoms with Crippen molar-refractivity contribution < 1.29 is 27.2 Å². The van der Waals surface area contributed by atoms with Gasteiger partial charge in [-0.2, -0.15) is 22.7 Å². The van der Waals surface area contributed by atoms with E-state index in [1.54, 1.807) is 34.8 Å². The molecule has 0 aliphatic carbocycles. The van der Waals surface area contributed by atoms with Gasteiger partial charge in [0.25, 0.3) is 0 Å². The van der Waals surface area contributed by atoms with Gasteiger partial charge in [0.05, 0.1) is 6.54 Å². The molecule has 3 aromatic rings. The SMILES string of the molecule is CC([NH2+]CC=C(c1ccsc1)c1ccsc1)C(O)c1ccc(F)cc1.[Cl-]. The van der Waals surface area contributed by atoms with Crippen LogP contribution in [0.25, 0.3) is 5.57 Å². The highest BCUT2D eigenvalue weighted by Crippen LogP contribution is 2.26. The van der Waals surface area contributed by atoms with Crippen molar-refractivity contribution in [2.24, 2.45) is 0 Å². The molecule has 2 unspecified atom stereocenters. The molecular weight excluding hydrogens is 389 g/mol. The number of rotatable bonds is 7. The van der Waals surface area contributed by atoms with E-state index in [0.29, 0.717) is 0 Å². The average Bonchev–Trinajstić information content (AvgIpc) is 3.32. The van der Waals surface area contributed by atoms with Gasteiger partial charge in [0.15, 0.2) is 0 Å². The van der Waals surface area contributed by atoms with Crippen LogP contribution < -0.4 is 17.7 Å². The van der Waals surface area contributed by atoms with Crippen LogP contribution in [-0.2, 0) is 0 Å². The highest BCUT2D eigenvalue weighted by atomic mass is 35.5. The third-order valence-electron chi connectivity index (χ3n) is 4.20. The van der Waals surface area contributed by atoms with Crippen LogP contribution in [0.5, 0.6) is 0 Å². The highest BCUT2D eigenvalue weighted by molar-refractivity contribution is 7.08. The van der Waals surface area contributed by atoms with E-state index >= 15 is 0 Å². The number of aliphatic hydroxyl groups excluding tert-OH is 1. The van der Waals surface area contributed by atoms with Crippen LogP contribution in [-0.4, -0.2) is 17.7 Å². The van der Waals surface area contributed by atoms with Crippen molar-refractivity contribution in [2.75, 3.05) is 6.54 Å². The van der Waals surface area contributed by atoms with Crippen LogP contribution >= 0.6 is 22.7 Å². The third-order valence-corrected chi connectivity index (χ3v) is 5.57. The Morgan fingerprint density at radius 1 is 1.08 bits per heavy atom. The molecule has 2 atom stereocenters. The molecule has 0 spiro atoms. The Hall–Kier alpha value is -1.50. The zero-order valence-corrected chi connectivity index (χ0v) is 16.7. The Kier molecular flexibility index (Phi) is 8.00. The predicted octanol–water partition coefficient (Wildman–Crippen LogP) is 1.07. The van der Waals surface area contributed by atoms with E-state index in [4.69, 9.17) is 0 Å². The minimum atomic E-state index is -0.625. The fourth-order valence-electron chi connectivity index (χ4n) is 2.73. The first-order valence-electron chi connectivity index (χ1n) is 8.17. The maximum absolute atomic E-state index is 13.0. The lowest BCUT2D eigenvalue weighted by molar-refractivity contribution is -0.686. The second kappa shape index (κ2) is 10.00. The Labute approximate surface area is 167 Å². The summed E-state index contributed by atoms with van der Waals surface area (Å²) in [5, 5.41) is 21.0. The van der Waals surface area contributed by atoms with Gasteiger partial charge in [0.1, 0.15) is 18.0 Å². The Morgan fingerprint density at radius 3 is 2.15 bits per heavy atom. The molecule has 0 amide bonds. The molecule has 3 N–H and O–H groups in total. The van der Waals surface area contributed by atoms with E-state index in [0.717, 1.165) is 12.1 Å². The number of halogens is 2. The molecular formula is C20H21ClFNOS2. The van der Waals surface area contributed by atoms with Crippen molar-refractivity contribution >= 4 is 28.2 Å².